The lowest BCUT2D eigenvalue weighted by molar-refractivity contribution is -0.139. The minimum atomic E-state index is -0.617. The molecular formula is C18H14N6O3S. The molecule has 140 valence electrons. The Balaban J connectivity index is 1.67. The number of benzene rings is 1. The van der Waals surface area contributed by atoms with E-state index in [9.17, 15) is 4.79 Å². The highest BCUT2D eigenvalue weighted by molar-refractivity contribution is 7.10. The number of aryl methyl sites for hydroxylation is 1. The van der Waals surface area contributed by atoms with Gasteiger partial charge < -0.3 is 9.26 Å². The Morgan fingerprint density at radius 3 is 2.82 bits per heavy atom. The third-order valence-electron chi connectivity index (χ3n) is 3.66. The van der Waals surface area contributed by atoms with E-state index in [2.05, 4.69) is 25.7 Å². The number of hydrogen-bond acceptors (Lipinski definition) is 9. The largest absolute Gasteiger partial charge is 0.451 e. The molecule has 0 aliphatic heterocycles. The summed E-state index contributed by atoms with van der Waals surface area (Å²) in [4.78, 5) is 17.7. The van der Waals surface area contributed by atoms with Crippen LogP contribution in [-0.4, -0.2) is 36.3 Å². The van der Waals surface area contributed by atoms with Crippen LogP contribution in [0.1, 0.15) is 16.6 Å². The number of aromatic nitrogens is 6. The smallest absolute Gasteiger partial charge is 0.357 e. The first-order chi connectivity index (χ1) is 13.7. The van der Waals surface area contributed by atoms with Gasteiger partial charge in [-0.1, -0.05) is 41.6 Å². The monoisotopic (exact) mass is 394 g/mol. The predicted molar refractivity (Wildman–Crippen MR) is 101 cm³/mol. The Hall–Kier alpha value is -3.66. The first-order valence-electron chi connectivity index (χ1n) is 8.26. The average molecular weight is 394 g/mol. The van der Waals surface area contributed by atoms with Gasteiger partial charge in [-0.15, -0.1) is 16.4 Å². The molecule has 1 aromatic carbocycles. The molecule has 0 saturated heterocycles. The lowest BCUT2D eigenvalue weighted by Gasteiger charge is -2.08. The first kappa shape index (κ1) is 17.7. The quantitative estimate of drug-likeness (QED) is 0.363. The third-order valence-corrected chi connectivity index (χ3v) is 4.48. The fourth-order valence-corrected chi connectivity index (χ4v) is 3.08. The van der Waals surface area contributed by atoms with Crippen LogP contribution >= 0.6 is 11.3 Å². The second kappa shape index (κ2) is 7.92. The molecule has 3 aromatic heterocycles. The molecule has 10 heteroatoms. The summed E-state index contributed by atoms with van der Waals surface area (Å²) in [5, 5.41) is 17.4. The SMILES string of the molecule is Cc1noc(COC(=O)/C(=C/c2cccs2)n2nnnc2-c2ccccc2)n1. The number of rotatable bonds is 6. The topological polar surface area (TPSA) is 109 Å². The van der Waals surface area contributed by atoms with Crippen molar-refractivity contribution in [3.63, 3.8) is 0 Å². The van der Waals surface area contributed by atoms with Crippen molar-refractivity contribution in [2.24, 2.45) is 0 Å². The molecule has 4 aromatic rings. The Morgan fingerprint density at radius 2 is 2.11 bits per heavy atom. The van der Waals surface area contributed by atoms with Crippen LogP contribution in [0.25, 0.3) is 23.2 Å². The van der Waals surface area contributed by atoms with Gasteiger partial charge in [-0.05, 0) is 34.9 Å². The lowest BCUT2D eigenvalue weighted by Crippen LogP contribution is -2.15. The van der Waals surface area contributed by atoms with Crippen LogP contribution in [0.2, 0.25) is 0 Å². The van der Waals surface area contributed by atoms with E-state index in [1.165, 1.54) is 16.0 Å². The van der Waals surface area contributed by atoms with Gasteiger partial charge in [0.05, 0.1) is 0 Å². The minimum absolute atomic E-state index is 0.149. The predicted octanol–water partition coefficient (Wildman–Crippen LogP) is 2.83. The van der Waals surface area contributed by atoms with Crippen LogP contribution < -0.4 is 0 Å². The molecule has 0 N–H and O–H groups in total. The Bertz CT molecular complexity index is 1100. The molecule has 0 atom stereocenters. The zero-order chi connectivity index (χ0) is 19.3. The van der Waals surface area contributed by atoms with Crippen molar-refractivity contribution in [1.29, 1.82) is 0 Å². The number of tetrazole rings is 1. The van der Waals surface area contributed by atoms with Crippen LogP contribution in [0, 0.1) is 6.92 Å². The molecule has 0 aliphatic rings. The molecule has 4 rings (SSSR count). The van der Waals surface area contributed by atoms with Crippen molar-refractivity contribution in [2.75, 3.05) is 0 Å². The van der Waals surface area contributed by atoms with Gasteiger partial charge in [-0.2, -0.15) is 9.67 Å². The molecule has 28 heavy (non-hydrogen) atoms. The van der Waals surface area contributed by atoms with E-state index in [4.69, 9.17) is 9.26 Å². The van der Waals surface area contributed by atoms with Crippen molar-refractivity contribution < 1.29 is 14.1 Å². The van der Waals surface area contributed by atoms with E-state index in [1.807, 2.05) is 47.8 Å². The summed E-state index contributed by atoms with van der Waals surface area (Å²) in [6.07, 6.45) is 1.68. The molecule has 9 nitrogen and oxygen atoms in total. The highest BCUT2D eigenvalue weighted by Gasteiger charge is 2.21. The van der Waals surface area contributed by atoms with Crippen LogP contribution in [0.3, 0.4) is 0 Å². The summed E-state index contributed by atoms with van der Waals surface area (Å²) in [6.45, 7) is 1.54. The number of hydrogen-bond donors (Lipinski definition) is 0. The average Bonchev–Trinajstić information content (AvgIpc) is 3.47. The summed E-state index contributed by atoms with van der Waals surface area (Å²) < 4.78 is 11.7. The second-order valence-electron chi connectivity index (χ2n) is 5.64. The number of esters is 1. The standard InChI is InChI=1S/C18H14N6O3S/c1-12-19-16(27-21-12)11-26-18(25)15(10-14-8-5-9-28-14)24-17(20-22-23-24)13-6-3-2-4-7-13/h2-10H,11H2,1H3/b15-10-. The van der Waals surface area contributed by atoms with Crippen molar-refractivity contribution in [2.45, 2.75) is 13.5 Å². The molecule has 0 bridgehead atoms. The van der Waals surface area contributed by atoms with E-state index in [1.54, 1.807) is 13.0 Å². The maximum absolute atomic E-state index is 12.8. The Morgan fingerprint density at radius 1 is 1.25 bits per heavy atom. The van der Waals surface area contributed by atoms with Crippen LogP contribution in [-0.2, 0) is 16.1 Å². The Labute approximate surface area is 163 Å². The molecule has 0 radical (unpaired) electrons. The molecule has 0 amide bonds. The number of nitrogens with zero attached hydrogens (tertiary/aromatic N) is 6. The molecule has 0 saturated carbocycles. The fourth-order valence-electron chi connectivity index (χ4n) is 2.43. The van der Waals surface area contributed by atoms with Gasteiger partial charge in [0.2, 0.25) is 0 Å². The number of carbonyl (C=O) groups excluding carboxylic acids is 1. The van der Waals surface area contributed by atoms with Crippen molar-refractivity contribution >= 4 is 29.1 Å². The maximum Gasteiger partial charge on any atom is 0.357 e. The first-order valence-corrected chi connectivity index (χ1v) is 9.14. The molecule has 0 aliphatic carbocycles. The number of thiophene rings is 1. The van der Waals surface area contributed by atoms with E-state index in [0.717, 1.165) is 10.4 Å². The van der Waals surface area contributed by atoms with E-state index >= 15 is 0 Å². The summed E-state index contributed by atoms with van der Waals surface area (Å²) in [5.41, 5.74) is 0.937. The number of carbonyl (C=O) groups is 1. The van der Waals surface area contributed by atoms with Crippen molar-refractivity contribution in [3.05, 3.63) is 64.4 Å². The van der Waals surface area contributed by atoms with Gasteiger partial charge in [-0.25, -0.2) is 4.79 Å². The summed E-state index contributed by atoms with van der Waals surface area (Å²) in [5.74, 6) is 0.483. The molecule has 3 heterocycles. The van der Waals surface area contributed by atoms with Crippen molar-refractivity contribution in [3.8, 4) is 11.4 Å². The van der Waals surface area contributed by atoms with Crippen LogP contribution in [0.4, 0.5) is 0 Å². The summed E-state index contributed by atoms with van der Waals surface area (Å²) in [6, 6.07) is 13.1. The third kappa shape index (κ3) is 3.86. The summed E-state index contributed by atoms with van der Waals surface area (Å²) >= 11 is 1.48. The highest BCUT2D eigenvalue weighted by Crippen LogP contribution is 2.22. The van der Waals surface area contributed by atoms with Gasteiger partial charge in [0, 0.05) is 10.4 Å². The fraction of sp³-hybridized carbons (Fsp3) is 0.111. The minimum Gasteiger partial charge on any atom is -0.451 e. The lowest BCUT2D eigenvalue weighted by atomic mass is 10.2. The maximum atomic E-state index is 12.8. The van der Waals surface area contributed by atoms with E-state index < -0.39 is 5.97 Å². The van der Waals surface area contributed by atoms with Gasteiger partial charge >= 0.3 is 5.97 Å². The van der Waals surface area contributed by atoms with E-state index in [-0.39, 0.29) is 18.2 Å². The molecule has 0 unspecified atom stereocenters. The van der Waals surface area contributed by atoms with Crippen LogP contribution in [0.5, 0.6) is 0 Å². The highest BCUT2D eigenvalue weighted by atomic mass is 32.1. The van der Waals surface area contributed by atoms with Gasteiger partial charge in [0.15, 0.2) is 24.0 Å². The number of ether oxygens (including phenoxy) is 1. The van der Waals surface area contributed by atoms with Crippen LogP contribution in [0.15, 0.2) is 52.4 Å². The molecule has 0 fully saturated rings. The molecule has 0 spiro atoms. The Kier molecular flexibility index (Phi) is 5.02. The zero-order valence-corrected chi connectivity index (χ0v) is 15.5. The van der Waals surface area contributed by atoms with Gasteiger partial charge in [-0.3, -0.25) is 0 Å². The van der Waals surface area contributed by atoms with Crippen molar-refractivity contribution in [1.82, 2.24) is 30.3 Å². The van der Waals surface area contributed by atoms with Gasteiger partial charge in [0.25, 0.3) is 5.89 Å². The second-order valence-corrected chi connectivity index (χ2v) is 6.62. The summed E-state index contributed by atoms with van der Waals surface area (Å²) in [7, 11) is 0. The molecular weight excluding hydrogens is 380 g/mol. The van der Waals surface area contributed by atoms with E-state index in [0.29, 0.717) is 11.6 Å². The zero-order valence-electron chi connectivity index (χ0n) is 14.7. The normalized spacial score (nSPS) is 11.5. The van der Waals surface area contributed by atoms with Gasteiger partial charge in [0.1, 0.15) is 0 Å².